The predicted molar refractivity (Wildman–Crippen MR) is 130 cm³/mol. The number of nitrogens with one attached hydrogen (secondary N) is 1. The zero-order chi connectivity index (χ0) is 24.5. The van der Waals surface area contributed by atoms with Crippen molar-refractivity contribution in [1.82, 2.24) is 15.1 Å². The number of anilines is 2. The van der Waals surface area contributed by atoms with Crippen molar-refractivity contribution < 1.29 is 19.1 Å². The fraction of sp³-hybridized carbons (Fsp3) is 0.280. The lowest BCUT2D eigenvalue weighted by molar-refractivity contribution is -0.118. The summed E-state index contributed by atoms with van der Waals surface area (Å²) in [5, 5.41) is 7.62. The molecule has 0 radical (unpaired) electrons. The van der Waals surface area contributed by atoms with Crippen molar-refractivity contribution in [3.63, 3.8) is 0 Å². The Bertz CT molecular complexity index is 1280. The first-order chi connectivity index (χ1) is 17.0. The molecule has 1 saturated heterocycles. The molecule has 3 N–H and O–H groups in total. The van der Waals surface area contributed by atoms with Crippen LogP contribution in [-0.4, -0.2) is 60.8 Å². The molecule has 3 aromatic rings. The van der Waals surface area contributed by atoms with E-state index in [-0.39, 0.29) is 17.5 Å². The smallest absolute Gasteiger partial charge is 0.277 e. The van der Waals surface area contributed by atoms with Crippen LogP contribution < -0.4 is 25.6 Å². The number of fused-ring (bicyclic) bond motifs is 1. The van der Waals surface area contributed by atoms with Gasteiger partial charge in [0, 0.05) is 49.5 Å². The van der Waals surface area contributed by atoms with E-state index in [1.165, 1.54) is 4.68 Å². The molecule has 10 heteroatoms. The summed E-state index contributed by atoms with van der Waals surface area (Å²) in [6.07, 6.45) is 0.889. The van der Waals surface area contributed by atoms with Gasteiger partial charge in [0.2, 0.25) is 5.91 Å². The Kier molecular flexibility index (Phi) is 5.96. The fourth-order valence-corrected chi connectivity index (χ4v) is 4.57. The molecule has 0 unspecified atom stereocenters. The minimum atomic E-state index is -0.671. The van der Waals surface area contributed by atoms with Crippen LogP contribution in [0.15, 0.2) is 48.5 Å². The monoisotopic (exact) mass is 474 g/mol. The topological polar surface area (TPSA) is 123 Å². The fourth-order valence-electron chi connectivity index (χ4n) is 4.57. The molecule has 0 spiro atoms. The summed E-state index contributed by atoms with van der Waals surface area (Å²) in [5.41, 5.74) is 8.67. The number of ether oxygens (including phenoxy) is 1. The third kappa shape index (κ3) is 4.12. The third-order valence-electron chi connectivity index (χ3n) is 6.37. The zero-order valence-corrected chi connectivity index (χ0v) is 19.4. The minimum absolute atomic E-state index is 0.0730. The molecule has 35 heavy (non-hydrogen) atoms. The summed E-state index contributed by atoms with van der Waals surface area (Å²) in [5.74, 6) is -0.207. The van der Waals surface area contributed by atoms with Crippen LogP contribution in [0.4, 0.5) is 11.4 Å². The Morgan fingerprint density at radius 3 is 2.23 bits per heavy atom. The van der Waals surface area contributed by atoms with E-state index < -0.39 is 5.91 Å². The Balaban J connectivity index is 1.48. The predicted octanol–water partition coefficient (Wildman–Crippen LogP) is 1.51. The largest absolute Gasteiger partial charge is 0.497 e. The van der Waals surface area contributed by atoms with Gasteiger partial charge < -0.3 is 25.6 Å². The summed E-state index contributed by atoms with van der Waals surface area (Å²) < 4.78 is 6.69. The number of carbonyl (C=O) groups is 3. The summed E-state index contributed by atoms with van der Waals surface area (Å²) in [6, 6.07) is 14.5. The lowest BCUT2D eigenvalue weighted by atomic mass is 10.0. The van der Waals surface area contributed by atoms with Crippen LogP contribution in [0.5, 0.6) is 5.75 Å². The summed E-state index contributed by atoms with van der Waals surface area (Å²) in [4.78, 5) is 41.6. The number of nitrogens with two attached hydrogens (primary N) is 1. The second-order valence-electron chi connectivity index (χ2n) is 8.42. The van der Waals surface area contributed by atoms with E-state index in [4.69, 9.17) is 10.5 Å². The number of hydrogen-bond acceptors (Lipinski definition) is 6. The molecular weight excluding hydrogens is 448 g/mol. The highest BCUT2D eigenvalue weighted by molar-refractivity contribution is 6.09. The molecular formula is C25H26N6O4. The van der Waals surface area contributed by atoms with Crippen LogP contribution in [-0.2, 0) is 11.2 Å². The van der Waals surface area contributed by atoms with Gasteiger partial charge in [-0.25, -0.2) is 4.68 Å². The summed E-state index contributed by atoms with van der Waals surface area (Å²) >= 11 is 0. The molecule has 10 nitrogen and oxygen atoms in total. The van der Waals surface area contributed by atoms with Gasteiger partial charge in [-0.05, 0) is 55.0 Å². The molecule has 1 aromatic heterocycles. The van der Waals surface area contributed by atoms with Crippen LogP contribution in [0.25, 0.3) is 5.69 Å². The van der Waals surface area contributed by atoms with Gasteiger partial charge in [-0.3, -0.25) is 14.4 Å². The first-order valence-corrected chi connectivity index (χ1v) is 11.5. The maximum Gasteiger partial charge on any atom is 0.277 e. The quantitative estimate of drug-likeness (QED) is 0.578. The summed E-state index contributed by atoms with van der Waals surface area (Å²) in [6.45, 7) is 2.39. The number of aromatic nitrogens is 2. The molecule has 3 heterocycles. The number of carbonyl (C=O) groups excluding carboxylic acids is 3. The number of hydrogen-bond donors (Lipinski definition) is 2. The van der Waals surface area contributed by atoms with Crippen molar-refractivity contribution in [1.29, 1.82) is 0 Å². The van der Waals surface area contributed by atoms with Crippen molar-refractivity contribution in [2.24, 2.45) is 5.73 Å². The van der Waals surface area contributed by atoms with Gasteiger partial charge in [-0.1, -0.05) is 0 Å². The number of amides is 3. The molecule has 3 amide bonds. The molecule has 2 aliphatic heterocycles. The first-order valence-electron chi connectivity index (χ1n) is 11.5. The Hall–Kier alpha value is -4.18. The van der Waals surface area contributed by atoms with E-state index in [9.17, 15) is 14.4 Å². The second-order valence-corrected chi connectivity index (χ2v) is 8.42. The molecule has 0 atom stereocenters. The van der Waals surface area contributed by atoms with Crippen molar-refractivity contribution >= 4 is 29.1 Å². The van der Waals surface area contributed by atoms with Gasteiger partial charge >= 0.3 is 0 Å². The van der Waals surface area contributed by atoms with Crippen LogP contribution in [0.1, 0.15) is 33.0 Å². The maximum absolute atomic E-state index is 13.7. The van der Waals surface area contributed by atoms with Crippen LogP contribution in [0.2, 0.25) is 0 Å². The maximum atomic E-state index is 13.7. The lowest BCUT2D eigenvalue weighted by Crippen LogP contribution is -2.39. The van der Waals surface area contributed by atoms with Gasteiger partial charge in [0.05, 0.1) is 12.8 Å². The highest BCUT2D eigenvalue weighted by atomic mass is 16.5. The third-order valence-corrected chi connectivity index (χ3v) is 6.37. The average Bonchev–Trinajstić information content (AvgIpc) is 3.15. The van der Waals surface area contributed by atoms with Crippen molar-refractivity contribution in [3.05, 3.63) is 65.5 Å². The van der Waals surface area contributed by atoms with Gasteiger partial charge in [-0.2, -0.15) is 5.10 Å². The second kappa shape index (κ2) is 9.22. The van der Waals surface area contributed by atoms with E-state index >= 15 is 0 Å². The first kappa shape index (κ1) is 22.6. The molecule has 2 aliphatic rings. The van der Waals surface area contributed by atoms with Gasteiger partial charge in [0.25, 0.3) is 11.8 Å². The molecule has 5 rings (SSSR count). The Labute approximate surface area is 202 Å². The molecule has 0 aliphatic carbocycles. The minimum Gasteiger partial charge on any atom is -0.497 e. The van der Waals surface area contributed by atoms with E-state index in [1.807, 2.05) is 24.3 Å². The number of methoxy groups -OCH3 is 1. The molecule has 2 aromatic carbocycles. The van der Waals surface area contributed by atoms with E-state index in [0.29, 0.717) is 60.9 Å². The van der Waals surface area contributed by atoms with Gasteiger partial charge in [0.15, 0.2) is 5.69 Å². The van der Waals surface area contributed by atoms with E-state index in [2.05, 4.69) is 10.4 Å². The van der Waals surface area contributed by atoms with E-state index in [0.717, 1.165) is 12.2 Å². The molecule has 1 fully saturated rings. The highest BCUT2D eigenvalue weighted by Gasteiger charge is 2.34. The lowest BCUT2D eigenvalue weighted by Gasteiger charge is -2.28. The van der Waals surface area contributed by atoms with Gasteiger partial charge in [-0.15, -0.1) is 0 Å². The van der Waals surface area contributed by atoms with Crippen molar-refractivity contribution in [2.75, 3.05) is 43.1 Å². The zero-order valence-electron chi connectivity index (χ0n) is 19.4. The van der Waals surface area contributed by atoms with Crippen molar-refractivity contribution in [2.45, 2.75) is 12.8 Å². The molecule has 180 valence electrons. The Morgan fingerprint density at radius 2 is 1.57 bits per heavy atom. The van der Waals surface area contributed by atoms with Crippen LogP contribution in [0.3, 0.4) is 0 Å². The van der Waals surface area contributed by atoms with E-state index in [1.54, 1.807) is 41.2 Å². The summed E-state index contributed by atoms with van der Waals surface area (Å²) in [7, 11) is 1.57. The van der Waals surface area contributed by atoms with Crippen LogP contribution in [0, 0.1) is 0 Å². The molecule has 0 bridgehead atoms. The molecule has 0 saturated carbocycles. The Morgan fingerprint density at radius 1 is 0.914 bits per heavy atom. The van der Waals surface area contributed by atoms with Crippen LogP contribution >= 0.6 is 0 Å². The number of benzene rings is 2. The average molecular weight is 475 g/mol. The standard InChI is InChI=1S/C25H26N6O4/c1-35-19-8-6-18(7-9-19)31-23-20(22(28-31)24(26)33)11-14-30(25(23)34)17-4-2-16(3-5-17)29-15-13-27-12-10-21(29)32/h2-9,27H,10-15H2,1H3,(H2,26,33). The SMILES string of the molecule is COc1ccc(-n2nc(C(N)=O)c3c2C(=O)N(c2ccc(N4CCNCCC4=O)cc2)CC3)cc1. The number of nitrogens with zero attached hydrogens (tertiary/aromatic N) is 4. The van der Waals surface area contributed by atoms with Gasteiger partial charge in [0.1, 0.15) is 11.4 Å². The van der Waals surface area contributed by atoms with Crippen molar-refractivity contribution in [3.8, 4) is 11.4 Å². The number of primary amides is 1. The number of rotatable bonds is 5. The normalized spacial score (nSPS) is 16.1. The highest BCUT2D eigenvalue weighted by Crippen LogP contribution is 2.30.